The first-order valence-electron chi connectivity index (χ1n) is 8.43. The number of nitrogens with zero attached hydrogens (tertiary/aromatic N) is 2. The highest BCUT2D eigenvalue weighted by atomic mass is 16.7. The highest BCUT2D eigenvalue weighted by Gasteiger charge is 2.22. The molecule has 0 aliphatic carbocycles. The highest BCUT2D eigenvalue weighted by Crippen LogP contribution is 2.22. The largest absolute Gasteiger partial charge is 0.468 e. The standard InChI is InChI=1S/C18H20N2O6/c1-3-15(25-11-21-7-16-9-23-16)4-2-13(1)14-5-19-18(20-6-14)26-12-22-8-17-10-24-17/h1-6,16-17H,7-12H2. The molecule has 8 nitrogen and oxygen atoms in total. The topological polar surface area (TPSA) is 87.8 Å². The maximum Gasteiger partial charge on any atom is 0.318 e. The van der Waals surface area contributed by atoms with E-state index in [0.29, 0.717) is 13.2 Å². The Balaban J connectivity index is 1.22. The van der Waals surface area contributed by atoms with Crippen molar-refractivity contribution in [3.8, 4) is 22.9 Å². The molecule has 3 heterocycles. The summed E-state index contributed by atoms with van der Waals surface area (Å²) in [6.45, 7) is 2.97. The Kier molecular flexibility index (Phi) is 5.56. The quantitative estimate of drug-likeness (QED) is 0.340. The van der Waals surface area contributed by atoms with Crippen molar-refractivity contribution in [1.29, 1.82) is 0 Å². The molecular formula is C18H20N2O6. The first-order chi connectivity index (χ1) is 12.9. The second-order valence-electron chi connectivity index (χ2n) is 5.96. The fourth-order valence-corrected chi connectivity index (χ4v) is 2.18. The van der Waals surface area contributed by atoms with Crippen molar-refractivity contribution in [2.75, 3.05) is 40.0 Å². The molecule has 2 aliphatic heterocycles. The molecule has 2 aliphatic rings. The lowest BCUT2D eigenvalue weighted by Crippen LogP contribution is -2.09. The molecule has 2 atom stereocenters. The third-order valence-electron chi connectivity index (χ3n) is 3.81. The lowest BCUT2D eigenvalue weighted by molar-refractivity contribution is 0.00314. The summed E-state index contributed by atoms with van der Waals surface area (Å²) >= 11 is 0. The summed E-state index contributed by atoms with van der Waals surface area (Å²) in [4.78, 5) is 8.37. The van der Waals surface area contributed by atoms with Crippen LogP contribution in [0.3, 0.4) is 0 Å². The van der Waals surface area contributed by atoms with Gasteiger partial charge in [0.2, 0.25) is 0 Å². The van der Waals surface area contributed by atoms with Crippen LogP contribution in [0.4, 0.5) is 0 Å². The number of ether oxygens (including phenoxy) is 6. The maximum atomic E-state index is 5.52. The Bertz CT molecular complexity index is 624. The van der Waals surface area contributed by atoms with Crippen LogP contribution >= 0.6 is 0 Å². The molecule has 0 spiro atoms. The van der Waals surface area contributed by atoms with Gasteiger partial charge >= 0.3 is 6.01 Å². The molecule has 2 unspecified atom stereocenters. The molecule has 0 bridgehead atoms. The monoisotopic (exact) mass is 360 g/mol. The molecule has 4 rings (SSSR count). The Morgan fingerprint density at radius 3 is 1.96 bits per heavy atom. The van der Waals surface area contributed by atoms with Crippen LogP contribution < -0.4 is 9.47 Å². The molecule has 8 heteroatoms. The highest BCUT2D eigenvalue weighted by molar-refractivity contribution is 5.62. The van der Waals surface area contributed by atoms with E-state index in [1.165, 1.54) is 0 Å². The Hall–Kier alpha value is -2.26. The summed E-state index contributed by atoms with van der Waals surface area (Å²) in [5.74, 6) is 0.739. The number of hydrogen-bond acceptors (Lipinski definition) is 8. The summed E-state index contributed by atoms with van der Waals surface area (Å²) in [5, 5.41) is 0. The molecule has 138 valence electrons. The SMILES string of the molecule is c1cc(-c2cnc(OCOCC3CO3)nc2)ccc1OCOCC1CO1. The van der Waals surface area contributed by atoms with Gasteiger partial charge in [0.15, 0.2) is 13.6 Å². The first-order valence-corrected chi connectivity index (χ1v) is 8.43. The number of epoxide rings is 2. The summed E-state index contributed by atoms with van der Waals surface area (Å²) in [7, 11) is 0. The van der Waals surface area contributed by atoms with Crippen LogP contribution in [0.15, 0.2) is 36.7 Å². The number of rotatable bonds is 11. The minimum atomic E-state index is 0.111. The Morgan fingerprint density at radius 2 is 1.38 bits per heavy atom. The second kappa shape index (κ2) is 8.41. The predicted molar refractivity (Wildman–Crippen MR) is 89.8 cm³/mol. The van der Waals surface area contributed by atoms with Crippen molar-refractivity contribution >= 4 is 0 Å². The van der Waals surface area contributed by atoms with Gasteiger partial charge < -0.3 is 28.4 Å². The first kappa shape index (κ1) is 17.2. The van der Waals surface area contributed by atoms with Crippen molar-refractivity contribution in [3.05, 3.63) is 36.7 Å². The predicted octanol–water partition coefficient (Wildman–Crippen LogP) is 1.65. The van der Waals surface area contributed by atoms with Crippen LogP contribution in [0, 0.1) is 0 Å². The van der Waals surface area contributed by atoms with E-state index in [0.717, 1.165) is 30.1 Å². The van der Waals surface area contributed by atoms with Crippen molar-refractivity contribution in [2.45, 2.75) is 12.2 Å². The molecule has 26 heavy (non-hydrogen) atoms. The fraction of sp³-hybridized carbons (Fsp3) is 0.444. The van der Waals surface area contributed by atoms with Gasteiger partial charge in [-0.1, -0.05) is 12.1 Å². The van der Waals surface area contributed by atoms with E-state index in [2.05, 4.69) is 9.97 Å². The van der Waals surface area contributed by atoms with E-state index in [1.807, 2.05) is 24.3 Å². The van der Waals surface area contributed by atoms with Crippen molar-refractivity contribution < 1.29 is 28.4 Å². The van der Waals surface area contributed by atoms with Crippen molar-refractivity contribution in [2.24, 2.45) is 0 Å². The van der Waals surface area contributed by atoms with Gasteiger partial charge in [-0.3, -0.25) is 0 Å². The van der Waals surface area contributed by atoms with Gasteiger partial charge in [-0.25, -0.2) is 9.97 Å². The molecule has 0 radical (unpaired) electrons. The minimum absolute atomic E-state index is 0.111. The van der Waals surface area contributed by atoms with Crippen molar-refractivity contribution in [1.82, 2.24) is 9.97 Å². The van der Waals surface area contributed by atoms with Crippen molar-refractivity contribution in [3.63, 3.8) is 0 Å². The average molecular weight is 360 g/mol. The second-order valence-corrected chi connectivity index (χ2v) is 5.96. The van der Waals surface area contributed by atoms with E-state index in [4.69, 9.17) is 28.4 Å². The average Bonchev–Trinajstić information content (AvgIpc) is 3.59. The van der Waals surface area contributed by atoms with Gasteiger partial charge in [-0.05, 0) is 17.7 Å². The summed E-state index contributed by atoms with van der Waals surface area (Å²) < 4.78 is 31.6. The van der Waals surface area contributed by atoms with Gasteiger partial charge in [-0.15, -0.1) is 0 Å². The summed E-state index contributed by atoms with van der Waals surface area (Å²) in [6.07, 6.45) is 3.88. The molecule has 1 aromatic heterocycles. The molecule has 0 saturated carbocycles. The molecule has 0 N–H and O–H groups in total. The van der Waals surface area contributed by atoms with Gasteiger partial charge in [0.1, 0.15) is 18.0 Å². The van der Waals surface area contributed by atoms with Crippen LogP contribution in [-0.4, -0.2) is 62.2 Å². The van der Waals surface area contributed by atoms with E-state index in [1.54, 1.807) is 12.4 Å². The normalized spacial score (nSPS) is 20.6. The zero-order chi connectivity index (χ0) is 17.6. The van der Waals surface area contributed by atoms with Gasteiger partial charge in [0, 0.05) is 18.0 Å². The zero-order valence-corrected chi connectivity index (χ0v) is 14.2. The molecule has 1 aromatic carbocycles. The summed E-state index contributed by atoms with van der Waals surface area (Å²) in [5.41, 5.74) is 1.87. The van der Waals surface area contributed by atoms with Gasteiger partial charge in [-0.2, -0.15) is 0 Å². The fourth-order valence-electron chi connectivity index (χ4n) is 2.18. The van der Waals surface area contributed by atoms with Crippen LogP contribution in [-0.2, 0) is 18.9 Å². The minimum Gasteiger partial charge on any atom is -0.468 e. The maximum absolute atomic E-state index is 5.52. The third kappa shape index (κ3) is 5.37. The number of aromatic nitrogens is 2. The Morgan fingerprint density at radius 1 is 0.808 bits per heavy atom. The Labute approximate surface area is 151 Å². The van der Waals surface area contributed by atoms with Crippen LogP contribution in [0.1, 0.15) is 0 Å². The lowest BCUT2D eigenvalue weighted by Gasteiger charge is -2.08. The van der Waals surface area contributed by atoms with E-state index in [9.17, 15) is 0 Å². The van der Waals surface area contributed by atoms with Gasteiger partial charge in [0.05, 0.1) is 26.4 Å². The molecular weight excluding hydrogens is 340 g/mol. The van der Waals surface area contributed by atoms with Gasteiger partial charge in [0.25, 0.3) is 0 Å². The zero-order valence-electron chi connectivity index (χ0n) is 14.2. The summed E-state index contributed by atoms with van der Waals surface area (Å²) in [6, 6.07) is 7.92. The smallest absolute Gasteiger partial charge is 0.318 e. The van der Waals surface area contributed by atoms with E-state index < -0.39 is 0 Å². The number of benzene rings is 1. The van der Waals surface area contributed by atoms with Crippen LogP contribution in [0.25, 0.3) is 11.1 Å². The molecule has 2 aromatic rings. The molecule has 2 fully saturated rings. The number of hydrogen-bond donors (Lipinski definition) is 0. The molecule has 0 amide bonds. The van der Waals surface area contributed by atoms with E-state index >= 15 is 0 Å². The van der Waals surface area contributed by atoms with E-state index in [-0.39, 0.29) is 31.8 Å². The third-order valence-corrected chi connectivity index (χ3v) is 3.81. The lowest BCUT2D eigenvalue weighted by atomic mass is 10.1. The van der Waals surface area contributed by atoms with Crippen LogP contribution in [0.2, 0.25) is 0 Å². The molecule has 2 saturated heterocycles. The van der Waals surface area contributed by atoms with Crippen LogP contribution in [0.5, 0.6) is 11.8 Å².